The van der Waals surface area contributed by atoms with Crippen molar-refractivity contribution in [1.82, 2.24) is 5.32 Å². The number of nitrogens with one attached hydrogen (secondary N) is 1. The normalized spacial score (nSPS) is 10.6. The standard InChI is InChI=1S/C25H28ClNO3/c1-3-28-24-15-20(14-22(26)25(24)29-4-2)16-27-17-21-12-8-9-13-23(21)30-18-19-10-6-5-7-11-19/h5-15,27H,3-4,16-18H2,1-2H3. The Balaban J connectivity index is 1.62. The van der Waals surface area contributed by atoms with Crippen LogP contribution in [0.15, 0.2) is 66.7 Å². The van der Waals surface area contributed by atoms with Crippen molar-refractivity contribution in [2.75, 3.05) is 13.2 Å². The van der Waals surface area contributed by atoms with E-state index in [0.29, 0.717) is 49.4 Å². The molecule has 0 atom stereocenters. The predicted octanol–water partition coefficient (Wildman–Crippen LogP) is 6.01. The molecule has 0 heterocycles. The highest BCUT2D eigenvalue weighted by atomic mass is 35.5. The molecule has 0 fully saturated rings. The van der Waals surface area contributed by atoms with Crippen molar-refractivity contribution in [2.24, 2.45) is 0 Å². The van der Waals surface area contributed by atoms with Crippen LogP contribution in [-0.4, -0.2) is 13.2 Å². The molecule has 3 aromatic carbocycles. The Hall–Kier alpha value is -2.69. The number of para-hydroxylation sites is 1. The van der Waals surface area contributed by atoms with Gasteiger partial charge in [-0.3, -0.25) is 0 Å². The average Bonchev–Trinajstić information content (AvgIpc) is 2.76. The fourth-order valence-corrected chi connectivity index (χ4v) is 3.43. The Bertz CT molecular complexity index is 931. The molecule has 158 valence electrons. The summed E-state index contributed by atoms with van der Waals surface area (Å²) >= 11 is 6.42. The van der Waals surface area contributed by atoms with Gasteiger partial charge >= 0.3 is 0 Å². The highest BCUT2D eigenvalue weighted by Crippen LogP contribution is 2.36. The summed E-state index contributed by atoms with van der Waals surface area (Å²) in [5.41, 5.74) is 3.29. The van der Waals surface area contributed by atoms with Gasteiger partial charge < -0.3 is 19.5 Å². The van der Waals surface area contributed by atoms with Gasteiger partial charge in [0.25, 0.3) is 0 Å². The van der Waals surface area contributed by atoms with Gasteiger partial charge in [-0.2, -0.15) is 0 Å². The van der Waals surface area contributed by atoms with Gasteiger partial charge in [0.2, 0.25) is 0 Å². The van der Waals surface area contributed by atoms with E-state index in [4.69, 9.17) is 25.8 Å². The van der Waals surface area contributed by atoms with Crippen LogP contribution in [0.3, 0.4) is 0 Å². The molecule has 0 aliphatic heterocycles. The van der Waals surface area contributed by atoms with Crippen molar-refractivity contribution in [2.45, 2.75) is 33.5 Å². The number of ether oxygens (including phenoxy) is 3. The topological polar surface area (TPSA) is 39.7 Å². The smallest absolute Gasteiger partial charge is 0.179 e. The molecule has 30 heavy (non-hydrogen) atoms. The van der Waals surface area contributed by atoms with E-state index in [1.54, 1.807) is 0 Å². The first kappa shape index (κ1) is 22.0. The molecule has 0 spiro atoms. The molecule has 0 unspecified atom stereocenters. The number of benzene rings is 3. The van der Waals surface area contributed by atoms with Gasteiger partial charge in [-0.25, -0.2) is 0 Å². The third-order valence-electron chi connectivity index (χ3n) is 4.51. The van der Waals surface area contributed by atoms with Crippen molar-refractivity contribution >= 4 is 11.6 Å². The highest BCUT2D eigenvalue weighted by molar-refractivity contribution is 6.32. The minimum atomic E-state index is 0.539. The Morgan fingerprint density at radius 3 is 2.23 bits per heavy atom. The van der Waals surface area contributed by atoms with Crippen LogP contribution in [0.5, 0.6) is 17.2 Å². The largest absolute Gasteiger partial charge is 0.490 e. The zero-order chi connectivity index (χ0) is 21.2. The molecular weight excluding hydrogens is 398 g/mol. The summed E-state index contributed by atoms with van der Waals surface area (Å²) in [6, 6.07) is 22.1. The third kappa shape index (κ3) is 6.15. The minimum Gasteiger partial charge on any atom is -0.490 e. The van der Waals surface area contributed by atoms with E-state index in [1.807, 2.05) is 62.4 Å². The van der Waals surface area contributed by atoms with Crippen LogP contribution in [-0.2, 0) is 19.7 Å². The molecule has 3 rings (SSSR count). The molecule has 1 N–H and O–H groups in total. The molecule has 5 heteroatoms. The zero-order valence-corrected chi connectivity index (χ0v) is 18.2. The van der Waals surface area contributed by atoms with Gasteiger partial charge in [0.1, 0.15) is 12.4 Å². The van der Waals surface area contributed by atoms with Gasteiger partial charge in [-0.1, -0.05) is 60.1 Å². The quantitative estimate of drug-likeness (QED) is 0.408. The van der Waals surface area contributed by atoms with Gasteiger partial charge in [-0.15, -0.1) is 0 Å². The molecule has 0 radical (unpaired) electrons. The van der Waals surface area contributed by atoms with E-state index in [1.165, 1.54) is 0 Å². The van der Waals surface area contributed by atoms with E-state index in [0.717, 1.165) is 22.4 Å². The van der Waals surface area contributed by atoms with E-state index < -0.39 is 0 Å². The number of hydrogen-bond donors (Lipinski definition) is 1. The van der Waals surface area contributed by atoms with Crippen LogP contribution in [0.25, 0.3) is 0 Å². The molecule has 0 aliphatic rings. The van der Waals surface area contributed by atoms with Gasteiger partial charge in [-0.05, 0) is 43.2 Å². The Morgan fingerprint density at radius 1 is 0.733 bits per heavy atom. The van der Waals surface area contributed by atoms with Crippen molar-refractivity contribution in [3.63, 3.8) is 0 Å². The van der Waals surface area contributed by atoms with Crippen molar-refractivity contribution in [3.05, 3.63) is 88.4 Å². The molecule has 4 nitrogen and oxygen atoms in total. The fourth-order valence-electron chi connectivity index (χ4n) is 3.14. The fraction of sp³-hybridized carbons (Fsp3) is 0.280. The first-order valence-corrected chi connectivity index (χ1v) is 10.6. The lowest BCUT2D eigenvalue weighted by atomic mass is 10.1. The summed E-state index contributed by atoms with van der Waals surface area (Å²) in [7, 11) is 0. The van der Waals surface area contributed by atoms with Gasteiger partial charge in [0, 0.05) is 18.7 Å². The molecule has 0 saturated heterocycles. The first-order chi connectivity index (χ1) is 14.7. The van der Waals surface area contributed by atoms with Crippen molar-refractivity contribution in [3.8, 4) is 17.2 Å². The lowest BCUT2D eigenvalue weighted by Crippen LogP contribution is -2.14. The summed E-state index contributed by atoms with van der Waals surface area (Å²) in [4.78, 5) is 0. The SMILES string of the molecule is CCOc1cc(CNCc2ccccc2OCc2ccccc2)cc(Cl)c1OCC. The second kappa shape index (κ2) is 11.5. The number of halogens is 1. The van der Waals surface area contributed by atoms with Crippen LogP contribution in [0.2, 0.25) is 5.02 Å². The molecule has 0 amide bonds. The van der Waals surface area contributed by atoms with Crippen LogP contribution in [0.1, 0.15) is 30.5 Å². The number of hydrogen-bond acceptors (Lipinski definition) is 4. The minimum absolute atomic E-state index is 0.539. The lowest BCUT2D eigenvalue weighted by Gasteiger charge is -2.15. The molecular formula is C25H28ClNO3. The average molecular weight is 426 g/mol. The van der Waals surface area contributed by atoms with Crippen LogP contribution < -0.4 is 19.5 Å². The maximum Gasteiger partial charge on any atom is 0.179 e. The van der Waals surface area contributed by atoms with Gasteiger partial charge in [0.05, 0.1) is 18.2 Å². The van der Waals surface area contributed by atoms with E-state index in [-0.39, 0.29) is 0 Å². The monoisotopic (exact) mass is 425 g/mol. The van der Waals surface area contributed by atoms with E-state index in [9.17, 15) is 0 Å². The Morgan fingerprint density at radius 2 is 1.47 bits per heavy atom. The van der Waals surface area contributed by atoms with E-state index >= 15 is 0 Å². The summed E-state index contributed by atoms with van der Waals surface area (Å²) in [6.07, 6.45) is 0. The zero-order valence-electron chi connectivity index (χ0n) is 17.5. The van der Waals surface area contributed by atoms with Crippen LogP contribution >= 0.6 is 11.6 Å². The summed E-state index contributed by atoms with van der Waals surface area (Å²) in [5, 5.41) is 4.03. The first-order valence-electron chi connectivity index (χ1n) is 10.2. The molecule has 3 aromatic rings. The maximum atomic E-state index is 6.42. The second-order valence-electron chi connectivity index (χ2n) is 6.76. The van der Waals surface area contributed by atoms with Crippen molar-refractivity contribution < 1.29 is 14.2 Å². The summed E-state index contributed by atoms with van der Waals surface area (Å²) in [6.45, 7) is 6.85. The van der Waals surface area contributed by atoms with Crippen LogP contribution in [0.4, 0.5) is 0 Å². The van der Waals surface area contributed by atoms with Crippen LogP contribution in [0, 0.1) is 0 Å². The molecule has 0 saturated carbocycles. The van der Waals surface area contributed by atoms with Crippen molar-refractivity contribution in [1.29, 1.82) is 0 Å². The van der Waals surface area contributed by atoms with Gasteiger partial charge in [0.15, 0.2) is 11.5 Å². The second-order valence-corrected chi connectivity index (χ2v) is 7.16. The third-order valence-corrected chi connectivity index (χ3v) is 4.79. The Labute approximate surface area is 183 Å². The van der Waals surface area contributed by atoms with E-state index in [2.05, 4.69) is 23.5 Å². The molecule has 0 bridgehead atoms. The Kier molecular flexibility index (Phi) is 8.42. The highest BCUT2D eigenvalue weighted by Gasteiger charge is 2.12. The predicted molar refractivity (Wildman–Crippen MR) is 122 cm³/mol. The summed E-state index contributed by atoms with van der Waals surface area (Å²) < 4.78 is 17.4. The maximum absolute atomic E-state index is 6.42. The molecule has 0 aliphatic carbocycles. The molecule has 0 aromatic heterocycles. The summed E-state index contributed by atoms with van der Waals surface area (Å²) in [5.74, 6) is 2.16. The number of rotatable bonds is 11. The lowest BCUT2D eigenvalue weighted by molar-refractivity contribution is 0.287.